The lowest BCUT2D eigenvalue weighted by Crippen LogP contribution is -2.72. The van der Waals surface area contributed by atoms with Crippen LogP contribution in [0.15, 0.2) is 66.7 Å². The summed E-state index contributed by atoms with van der Waals surface area (Å²) in [7, 11) is 3.22. The summed E-state index contributed by atoms with van der Waals surface area (Å²) in [5.41, 5.74) is 2.37. The molecule has 2 bridgehead atoms. The normalized spacial score (nSPS) is 22.4. The molecule has 35 heavy (non-hydrogen) atoms. The second kappa shape index (κ2) is 8.78. The number of rotatable bonds is 5. The van der Waals surface area contributed by atoms with Gasteiger partial charge in [0, 0.05) is 16.9 Å². The summed E-state index contributed by atoms with van der Waals surface area (Å²) in [5, 5.41) is 6.97. The molecule has 0 aromatic heterocycles. The third-order valence-corrected chi connectivity index (χ3v) is 6.94. The number of methoxy groups -OCH3 is 2. The zero-order valence-electron chi connectivity index (χ0n) is 20.0. The van der Waals surface area contributed by atoms with Crippen molar-refractivity contribution >= 4 is 34.6 Å². The second-order valence-corrected chi connectivity index (χ2v) is 9.24. The van der Waals surface area contributed by atoms with Gasteiger partial charge in [-0.2, -0.15) is 0 Å². The molecule has 0 saturated carbocycles. The number of hydrogen-bond donors (Lipinski definition) is 2. The van der Waals surface area contributed by atoms with Crippen molar-refractivity contribution in [2.24, 2.45) is 5.92 Å². The Balaban J connectivity index is 1.60. The van der Waals surface area contributed by atoms with E-state index in [-0.39, 0.29) is 5.91 Å². The maximum absolute atomic E-state index is 13.9. The molecule has 180 valence electrons. The van der Waals surface area contributed by atoms with E-state index in [4.69, 9.17) is 26.4 Å². The molecule has 8 heteroatoms. The monoisotopic (exact) mass is 489 g/mol. The fraction of sp³-hybridized carbons (Fsp3) is 0.259. The molecule has 3 aromatic rings. The highest BCUT2D eigenvalue weighted by atomic mass is 32.1. The maximum atomic E-state index is 13.9. The van der Waals surface area contributed by atoms with Crippen LogP contribution < -0.4 is 29.7 Å². The Morgan fingerprint density at radius 3 is 2.34 bits per heavy atom. The SMILES string of the molecule is COc1ccc(NC(=O)[C@H]2[C@@H]3NC(=S)N(c4ccc(C)cc4)[C@@]2(C)Oc2ccc(OC)cc23)cc1. The van der Waals surface area contributed by atoms with Crippen LogP contribution in [0.5, 0.6) is 17.2 Å². The van der Waals surface area contributed by atoms with Crippen molar-refractivity contribution in [3.63, 3.8) is 0 Å². The molecule has 7 nitrogen and oxygen atoms in total. The Hall–Kier alpha value is -3.78. The molecule has 1 saturated heterocycles. The van der Waals surface area contributed by atoms with Crippen LogP contribution >= 0.6 is 12.2 Å². The smallest absolute Gasteiger partial charge is 0.236 e. The van der Waals surface area contributed by atoms with E-state index in [1.54, 1.807) is 14.2 Å². The van der Waals surface area contributed by atoms with Gasteiger partial charge in [0.25, 0.3) is 0 Å². The number of nitrogens with one attached hydrogen (secondary N) is 2. The minimum absolute atomic E-state index is 0.191. The minimum Gasteiger partial charge on any atom is -0.497 e. The molecule has 2 N–H and O–H groups in total. The first kappa shape index (κ1) is 23.0. The molecule has 2 aliphatic heterocycles. The van der Waals surface area contributed by atoms with E-state index in [0.717, 1.165) is 16.8 Å². The fourth-order valence-corrected chi connectivity index (χ4v) is 5.28. The van der Waals surface area contributed by atoms with Gasteiger partial charge in [0.05, 0.1) is 20.3 Å². The van der Waals surface area contributed by atoms with Gasteiger partial charge >= 0.3 is 0 Å². The van der Waals surface area contributed by atoms with Crippen molar-refractivity contribution in [3.05, 3.63) is 77.9 Å². The van der Waals surface area contributed by atoms with E-state index in [1.807, 2.05) is 85.5 Å². The van der Waals surface area contributed by atoms with Crippen molar-refractivity contribution in [2.45, 2.75) is 25.6 Å². The largest absolute Gasteiger partial charge is 0.497 e. The highest BCUT2D eigenvalue weighted by molar-refractivity contribution is 7.80. The second-order valence-electron chi connectivity index (χ2n) is 8.85. The highest BCUT2D eigenvalue weighted by Crippen LogP contribution is 2.50. The lowest BCUT2D eigenvalue weighted by atomic mass is 9.78. The zero-order chi connectivity index (χ0) is 24.7. The Labute approximate surface area is 210 Å². The van der Waals surface area contributed by atoms with E-state index in [9.17, 15) is 4.79 Å². The summed E-state index contributed by atoms with van der Waals surface area (Å²) in [6, 6.07) is 20.4. The number of nitrogens with zero attached hydrogens (tertiary/aromatic N) is 1. The number of hydrogen-bond acceptors (Lipinski definition) is 5. The number of ether oxygens (including phenoxy) is 3. The average molecular weight is 490 g/mol. The summed E-state index contributed by atoms with van der Waals surface area (Å²) in [5.74, 6) is 1.24. The molecule has 0 aliphatic carbocycles. The van der Waals surface area contributed by atoms with E-state index in [2.05, 4.69) is 10.6 Å². The van der Waals surface area contributed by atoms with Crippen molar-refractivity contribution in [1.29, 1.82) is 0 Å². The standard InChI is InChI=1S/C27H27N3O4S/c1-16-5-9-18(10-6-16)30-26(35)29-24-21-15-20(33-4)13-14-22(21)34-27(30,2)23(24)25(31)28-17-7-11-19(32-3)12-8-17/h5-15,23-24H,1-4H3,(H,28,31)(H,29,35)/t23-,24-,27+/m1/s1. The van der Waals surface area contributed by atoms with Crippen LogP contribution in [0.3, 0.4) is 0 Å². The Morgan fingerprint density at radius 2 is 1.69 bits per heavy atom. The van der Waals surface area contributed by atoms with Crippen LogP contribution in [0, 0.1) is 12.8 Å². The molecule has 3 atom stereocenters. The third kappa shape index (κ3) is 3.93. The van der Waals surface area contributed by atoms with E-state index < -0.39 is 17.7 Å². The quantitative estimate of drug-likeness (QED) is 0.498. The number of carbonyl (C=O) groups excluding carboxylic acids is 1. The van der Waals surface area contributed by atoms with Gasteiger partial charge in [-0.1, -0.05) is 17.7 Å². The maximum Gasteiger partial charge on any atom is 0.236 e. The molecule has 2 aliphatic rings. The van der Waals surface area contributed by atoms with Crippen LogP contribution in [0.4, 0.5) is 11.4 Å². The number of benzene rings is 3. The number of amides is 1. The van der Waals surface area contributed by atoms with Crippen LogP contribution in [-0.4, -0.2) is 31.0 Å². The summed E-state index contributed by atoms with van der Waals surface area (Å²) in [6.45, 7) is 3.94. The summed E-state index contributed by atoms with van der Waals surface area (Å²) in [6.07, 6.45) is 0. The third-order valence-electron chi connectivity index (χ3n) is 6.64. The molecule has 0 unspecified atom stereocenters. The van der Waals surface area contributed by atoms with Crippen molar-refractivity contribution in [2.75, 3.05) is 24.4 Å². The lowest BCUT2D eigenvalue weighted by molar-refractivity contribution is -0.130. The van der Waals surface area contributed by atoms with Crippen molar-refractivity contribution < 1.29 is 19.0 Å². The Kier molecular flexibility index (Phi) is 5.76. The molecular weight excluding hydrogens is 462 g/mol. The molecule has 1 fully saturated rings. The molecule has 0 spiro atoms. The van der Waals surface area contributed by atoms with Gasteiger partial charge in [-0.15, -0.1) is 0 Å². The Bertz CT molecular complexity index is 1280. The van der Waals surface area contributed by atoms with Gasteiger partial charge in [0.15, 0.2) is 10.8 Å². The topological polar surface area (TPSA) is 72.1 Å². The number of anilines is 2. The van der Waals surface area contributed by atoms with Gasteiger partial charge in [0.2, 0.25) is 5.91 Å². The van der Waals surface area contributed by atoms with Crippen LogP contribution in [-0.2, 0) is 4.79 Å². The molecule has 1 amide bonds. The summed E-state index contributed by atoms with van der Waals surface area (Å²) >= 11 is 5.81. The highest BCUT2D eigenvalue weighted by Gasteiger charge is 2.59. The van der Waals surface area contributed by atoms with Gasteiger partial charge in [0.1, 0.15) is 23.2 Å². The molecule has 0 radical (unpaired) electrons. The molecule has 5 rings (SSSR count). The first-order valence-corrected chi connectivity index (χ1v) is 11.7. The Morgan fingerprint density at radius 1 is 1.03 bits per heavy atom. The number of aryl methyl sites for hydroxylation is 1. The number of thiocarbonyl (C=S) groups is 1. The fourth-order valence-electron chi connectivity index (χ4n) is 4.87. The first-order chi connectivity index (χ1) is 16.8. The minimum atomic E-state index is -1.08. The lowest BCUT2D eigenvalue weighted by Gasteiger charge is -2.56. The van der Waals surface area contributed by atoms with Crippen LogP contribution in [0.25, 0.3) is 0 Å². The van der Waals surface area contributed by atoms with E-state index >= 15 is 0 Å². The molecule has 3 aromatic carbocycles. The van der Waals surface area contributed by atoms with Crippen LogP contribution in [0.2, 0.25) is 0 Å². The zero-order valence-corrected chi connectivity index (χ0v) is 20.8. The van der Waals surface area contributed by atoms with Crippen molar-refractivity contribution in [1.82, 2.24) is 5.32 Å². The predicted molar refractivity (Wildman–Crippen MR) is 139 cm³/mol. The van der Waals surface area contributed by atoms with Crippen LogP contribution in [0.1, 0.15) is 24.1 Å². The first-order valence-electron chi connectivity index (χ1n) is 11.3. The van der Waals surface area contributed by atoms with Gasteiger partial charge in [-0.25, -0.2) is 0 Å². The van der Waals surface area contributed by atoms with Crippen molar-refractivity contribution in [3.8, 4) is 17.2 Å². The van der Waals surface area contributed by atoms with Gasteiger partial charge < -0.3 is 24.8 Å². The number of fused-ring (bicyclic) bond motifs is 4. The van der Waals surface area contributed by atoms with Gasteiger partial charge in [-0.3, -0.25) is 9.69 Å². The number of carbonyl (C=O) groups is 1. The average Bonchev–Trinajstić information content (AvgIpc) is 2.85. The molecular formula is C27H27N3O4S. The molecule has 2 heterocycles. The summed E-state index contributed by atoms with van der Waals surface area (Å²) < 4.78 is 17.3. The predicted octanol–water partition coefficient (Wildman–Crippen LogP) is 4.81. The summed E-state index contributed by atoms with van der Waals surface area (Å²) in [4.78, 5) is 15.8. The van der Waals surface area contributed by atoms with E-state index in [1.165, 1.54) is 0 Å². The van der Waals surface area contributed by atoms with E-state index in [0.29, 0.717) is 28.0 Å². The van der Waals surface area contributed by atoms with Gasteiger partial charge in [-0.05, 0) is 80.7 Å².